The number of hydrogen-bond donors (Lipinski definition) is 2. The maximum atomic E-state index is 13.1. The van der Waals surface area contributed by atoms with Crippen LogP contribution in [-0.4, -0.2) is 22.5 Å². The van der Waals surface area contributed by atoms with E-state index in [-0.39, 0.29) is 28.2 Å². The fourth-order valence-electron chi connectivity index (χ4n) is 7.93. The Labute approximate surface area is 175 Å². The Kier molecular flexibility index (Phi) is 4.94. The van der Waals surface area contributed by atoms with Crippen molar-refractivity contribution in [3.63, 3.8) is 0 Å². The molecule has 0 spiro atoms. The van der Waals surface area contributed by atoms with E-state index >= 15 is 0 Å². The van der Waals surface area contributed by atoms with Crippen LogP contribution in [0.4, 0.5) is 0 Å². The molecular weight excluding hydrogens is 362 g/mol. The van der Waals surface area contributed by atoms with E-state index in [1.165, 1.54) is 19.3 Å². The van der Waals surface area contributed by atoms with Crippen LogP contribution in [0.3, 0.4) is 0 Å². The molecule has 0 heterocycles. The summed E-state index contributed by atoms with van der Waals surface area (Å²) in [5.41, 5.74) is 0.807. The molecule has 4 rings (SSSR count). The average molecular weight is 402 g/mol. The summed E-state index contributed by atoms with van der Waals surface area (Å²) in [6.07, 6.45) is 10.7. The number of hydrogen-bond acceptors (Lipinski definition) is 2. The number of carboxylic acids is 1. The highest BCUT2D eigenvalue weighted by molar-refractivity contribution is 5.86. The highest BCUT2D eigenvalue weighted by Gasteiger charge is 2.60. The smallest absolute Gasteiger partial charge is 0.331 e. The van der Waals surface area contributed by atoms with Gasteiger partial charge in [0.25, 0.3) is 0 Å². The summed E-state index contributed by atoms with van der Waals surface area (Å²) in [6.45, 7) is 11.0. The van der Waals surface area contributed by atoms with Gasteiger partial charge in [0.05, 0.1) is 0 Å². The number of carboxylic acid groups (broad SMARTS) is 1. The molecule has 4 nitrogen and oxygen atoms in total. The third-order valence-electron chi connectivity index (χ3n) is 9.37. The van der Waals surface area contributed by atoms with Crippen molar-refractivity contribution in [3.8, 4) is 0 Å². The molecule has 29 heavy (non-hydrogen) atoms. The van der Waals surface area contributed by atoms with Crippen LogP contribution in [0.25, 0.3) is 0 Å². The molecule has 4 aliphatic rings. The standard InChI is InChI=1S/C25H39NO3/c1-23(2,3)26-21(27)20-9-8-18-17-7-6-16-14-15(22(28)29)10-12-24(16,4)19(17)11-13-25(18,20)5/h14,16-20H,6-13H2,1-5H3,(H,26,27)(H,28,29)/t16-,17-,18-,19-,20+,24-,25-/m0/s1. The van der Waals surface area contributed by atoms with Crippen LogP contribution >= 0.6 is 0 Å². The summed E-state index contributed by atoms with van der Waals surface area (Å²) in [6, 6.07) is 0. The first-order chi connectivity index (χ1) is 13.5. The van der Waals surface area contributed by atoms with Crippen LogP contribution in [0, 0.1) is 40.4 Å². The lowest BCUT2D eigenvalue weighted by Crippen LogP contribution is -2.54. The van der Waals surface area contributed by atoms with Crippen LogP contribution in [0.2, 0.25) is 0 Å². The van der Waals surface area contributed by atoms with Gasteiger partial charge in [-0.2, -0.15) is 0 Å². The van der Waals surface area contributed by atoms with Crippen LogP contribution < -0.4 is 5.32 Å². The second-order valence-electron chi connectivity index (χ2n) is 12.0. The van der Waals surface area contributed by atoms with Gasteiger partial charge in [-0.1, -0.05) is 19.9 Å². The zero-order valence-corrected chi connectivity index (χ0v) is 18.9. The average Bonchev–Trinajstić information content (AvgIpc) is 2.96. The molecule has 162 valence electrons. The molecular formula is C25H39NO3. The second-order valence-corrected chi connectivity index (χ2v) is 12.0. The number of nitrogens with one attached hydrogen (secondary N) is 1. The molecule has 0 aliphatic heterocycles. The van der Waals surface area contributed by atoms with E-state index in [0.29, 0.717) is 35.7 Å². The molecule has 4 heteroatoms. The van der Waals surface area contributed by atoms with Crippen molar-refractivity contribution in [2.75, 3.05) is 0 Å². The maximum absolute atomic E-state index is 13.1. The van der Waals surface area contributed by atoms with Crippen molar-refractivity contribution in [1.29, 1.82) is 0 Å². The van der Waals surface area contributed by atoms with Crippen LogP contribution in [0.15, 0.2) is 11.6 Å². The molecule has 0 aromatic carbocycles. The lowest BCUT2D eigenvalue weighted by Gasteiger charge is -2.59. The predicted molar refractivity (Wildman–Crippen MR) is 114 cm³/mol. The zero-order chi connectivity index (χ0) is 21.2. The highest BCUT2D eigenvalue weighted by Crippen LogP contribution is 2.67. The van der Waals surface area contributed by atoms with Gasteiger partial charge in [0, 0.05) is 17.0 Å². The lowest BCUT2D eigenvalue weighted by atomic mass is 9.45. The van der Waals surface area contributed by atoms with E-state index in [1.54, 1.807) is 0 Å². The molecule has 0 aromatic rings. The third-order valence-corrected chi connectivity index (χ3v) is 9.37. The van der Waals surface area contributed by atoms with Crippen molar-refractivity contribution in [2.45, 2.75) is 91.5 Å². The summed E-state index contributed by atoms with van der Waals surface area (Å²) in [4.78, 5) is 24.6. The summed E-state index contributed by atoms with van der Waals surface area (Å²) in [5.74, 6) is 2.09. The van der Waals surface area contributed by atoms with Crippen LogP contribution in [0.5, 0.6) is 0 Å². The normalized spacial score (nSPS) is 44.2. The van der Waals surface area contributed by atoms with E-state index in [2.05, 4.69) is 46.0 Å². The van der Waals surface area contributed by atoms with Crippen molar-refractivity contribution < 1.29 is 14.7 Å². The van der Waals surface area contributed by atoms with Gasteiger partial charge in [0.2, 0.25) is 5.91 Å². The topological polar surface area (TPSA) is 66.4 Å². The fraction of sp³-hybridized carbons (Fsp3) is 0.840. The first-order valence-corrected chi connectivity index (χ1v) is 11.7. The van der Waals surface area contributed by atoms with Crippen molar-refractivity contribution in [3.05, 3.63) is 11.6 Å². The largest absolute Gasteiger partial charge is 0.478 e. The second kappa shape index (κ2) is 6.85. The van der Waals surface area contributed by atoms with Crippen molar-refractivity contribution >= 4 is 11.9 Å². The summed E-state index contributed by atoms with van der Waals surface area (Å²) in [5, 5.41) is 12.7. The molecule has 0 bridgehead atoms. The third kappa shape index (κ3) is 3.35. The zero-order valence-electron chi connectivity index (χ0n) is 18.9. The molecule has 0 radical (unpaired) electrons. The van der Waals surface area contributed by atoms with E-state index in [0.717, 1.165) is 25.7 Å². The van der Waals surface area contributed by atoms with Gasteiger partial charge in [0.1, 0.15) is 0 Å². The van der Waals surface area contributed by atoms with Gasteiger partial charge in [-0.05, 0) is 107 Å². The monoisotopic (exact) mass is 401 g/mol. The number of carbonyl (C=O) groups is 2. The Morgan fingerprint density at radius 2 is 1.69 bits per heavy atom. The minimum Gasteiger partial charge on any atom is -0.478 e. The molecule has 2 N–H and O–H groups in total. The summed E-state index contributed by atoms with van der Waals surface area (Å²) >= 11 is 0. The SMILES string of the molecule is CC(C)(C)NC(=O)[C@H]1CC[C@H]2[C@@H]3CC[C@H]4C=C(C(=O)O)CC[C@]4(C)[C@H]3CC[C@]12C. The van der Waals surface area contributed by atoms with Crippen molar-refractivity contribution in [1.82, 2.24) is 5.32 Å². The molecule has 7 atom stereocenters. The molecule has 4 aliphatic carbocycles. The Morgan fingerprint density at radius 1 is 1.00 bits per heavy atom. The minimum atomic E-state index is -0.728. The van der Waals surface area contributed by atoms with Crippen LogP contribution in [-0.2, 0) is 9.59 Å². The predicted octanol–water partition coefficient (Wildman–Crippen LogP) is 5.18. The number of allylic oxidation sites excluding steroid dienone is 1. The fourth-order valence-corrected chi connectivity index (χ4v) is 7.93. The molecule has 0 unspecified atom stereocenters. The number of amides is 1. The lowest BCUT2D eigenvalue weighted by molar-refractivity contribution is -0.136. The quantitative estimate of drug-likeness (QED) is 0.670. The Morgan fingerprint density at radius 3 is 2.34 bits per heavy atom. The van der Waals surface area contributed by atoms with Gasteiger partial charge in [-0.25, -0.2) is 4.79 Å². The molecule has 3 fully saturated rings. The molecule has 3 saturated carbocycles. The van der Waals surface area contributed by atoms with Gasteiger partial charge < -0.3 is 10.4 Å². The van der Waals surface area contributed by atoms with Crippen molar-refractivity contribution in [2.24, 2.45) is 40.4 Å². The highest BCUT2D eigenvalue weighted by atomic mass is 16.4. The van der Waals surface area contributed by atoms with E-state index in [4.69, 9.17) is 0 Å². The maximum Gasteiger partial charge on any atom is 0.331 e. The Balaban J connectivity index is 1.56. The molecule has 0 saturated heterocycles. The van der Waals surface area contributed by atoms with Gasteiger partial charge in [-0.3, -0.25) is 4.79 Å². The first kappa shape index (κ1) is 20.9. The number of aliphatic carboxylic acids is 1. The van der Waals surface area contributed by atoms with Gasteiger partial charge in [0.15, 0.2) is 0 Å². The Hall–Kier alpha value is -1.32. The number of fused-ring (bicyclic) bond motifs is 5. The van der Waals surface area contributed by atoms with E-state index in [9.17, 15) is 14.7 Å². The Bertz CT molecular complexity index is 735. The first-order valence-electron chi connectivity index (χ1n) is 11.7. The minimum absolute atomic E-state index is 0.121. The van der Waals surface area contributed by atoms with Gasteiger partial charge in [-0.15, -0.1) is 0 Å². The number of carbonyl (C=O) groups excluding carboxylic acids is 1. The van der Waals surface area contributed by atoms with Crippen LogP contribution in [0.1, 0.15) is 86.0 Å². The summed E-state index contributed by atoms with van der Waals surface area (Å²) in [7, 11) is 0. The number of rotatable bonds is 2. The molecule has 0 aromatic heterocycles. The molecule has 1 amide bonds. The van der Waals surface area contributed by atoms with Gasteiger partial charge >= 0.3 is 5.97 Å². The van der Waals surface area contributed by atoms with E-state index < -0.39 is 5.97 Å². The summed E-state index contributed by atoms with van der Waals surface area (Å²) < 4.78 is 0. The van der Waals surface area contributed by atoms with E-state index in [1.807, 2.05) is 0 Å².